The van der Waals surface area contributed by atoms with Crippen LogP contribution in [0.25, 0.3) is 26.7 Å². The summed E-state index contributed by atoms with van der Waals surface area (Å²) in [6.07, 6.45) is 1.96. The molecule has 0 unspecified atom stereocenters. The van der Waals surface area contributed by atoms with E-state index in [2.05, 4.69) is 6.07 Å². The summed E-state index contributed by atoms with van der Waals surface area (Å²) >= 11 is 7.40. The summed E-state index contributed by atoms with van der Waals surface area (Å²) in [7, 11) is 0. The fourth-order valence-electron chi connectivity index (χ4n) is 4.50. The topological polar surface area (TPSA) is 47.8 Å². The maximum Gasteiger partial charge on any atom is 0.356 e. The Kier molecular flexibility index (Phi) is 5.76. The van der Waals surface area contributed by atoms with Gasteiger partial charge in [0.2, 0.25) is 5.78 Å². The number of ether oxygens (including phenoxy) is 1. The predicted molar refractivity (Wildman–Crippen MR) is 139 cm³/mol. The third kappa shape index (κ3) is 3.61. The molecular weight excluding hydrogens is 466 g/mol. The summed E-state index contributed by atoms with van der Waals surface area (Å²) < 4.78 is 8.12. The second-order valence-electron chi connectivity index (χ2n) is 8.20. The van der Waals surface area contributed by atoms with Gasteiger partial charge in [0.25, 0.3) is 0 Å². The van der Waals surface area contributed by atoms with E-state index in [1.807, 2.05) is 54.8 Å². The molecular formula is C28H22ClNO3S. The Morgan fingerprint density at radius 3 is 2.41 bits per heavy atom. The number of carbonyl (C=O) groups is 2. The van der Waals surface area contributed by atoms with Gasteiger partial charge in [0, 0.05) is 27.7 Å². The van der Waals surface area contributed by atoms with E-state index in [4.69, 9.17) is 16.3 Å². The van der Waals surface area contributed by atoms with Crippen LogP contribution in [-0.2, 0) is 4.74 Å². The molecule has 170 valence electrons. The van der Waals surface area contributed by atoms with E-state index in [0.717, 1.165) is 37.9 Å². The fourth-order valence-corrected chi connectivity index (χ4v) is 5.94. The van der Waals surface area contributed by atoms with Crippen LogP contribution in [0, 0.1) is 13.8 Å². The summed E-state index contributed by atoms with van der Waals surface area (Å²) in [5.74, 6) is -0.502. The summed E-state index contributed by atoms with van der Waals surface area (Å²) in [6.45, 7) is 6.10. The van der Waals surface area contributed by atoms with E-state index < -0.39 is 5.97 Å². The molecule has 34 heavy (non-hydrogen) atoms. The van der Waals surface area contributed by atoms with Crippen molar-refractivity contribution in [2.75, 3.05) is 6.61 Å². The Morgan fingerprint density at radius 2 is 1.74 bits per heavy atom. The molecule has 0 aliphatic heterocycles. The number of ketones is 1. The molecule has 0 amide bonds. The Hall–Kier alpha value is -3.41. The quantitative estimate of drug-likeness (QED) is 0.190. The van der Waals surface area contributed by atoms with E-state index in [1.165, 1.54) is 11.3 Å². The molecule has 3 heterocycles. The van der Waals surface area contributed by atoms with Crippen molar-refractivity contribution in [3.8, 4) is 11.1 Å². The summed E-state index contributed by atoms with van der Waals surface area (Å²) in [4.78, 5) is 27.5. The first-order chi connectivity index (χ1) is 16.4. The lowest BCUT2D eigenvalue weighted by atomic mass is 9.98. The second-order valence-corrected chi connectivity index (χ2v) is 9.66. The van der Waals surface area contributed by atoms with Crippen molar-refractivity contribution in [1.29, 1.82) is 0 Å². The highest BCUT2D eigenvalue weighted by Crippen LogP contribution is 2.46. The van der Waals surface area contributed by atoms with Gasteiger partial charge in [-0.15, -0.1) is 11.3 Å². The molecule has 0 aliphatic rings. The number of nitrogens with zero attached hydrogens (tertiary/aromatic N) is 1. The average molecular weight is 488 g/mol. The van der Waals surface area contributed by atoms with Gasteiger partial charge >= 0.3 is 5.97 Å². The van der Waals surface area contributed by atoms with Gasteiger partial charge in [0.1, 0.15) is 5.69 Å². The van der Waals surface area contributed by atoms with Crippen molar-refractivity contribution in [1.82, 2.24) is 4.40 Å². The first kappa shape index (κ1) is 22.4. The van der Waals surface area contributed by atoms with Crippen LogP contribution in [0.3, 0.4) is 0 Å². The Balaban J connectivity index is 1.92. The molecule has 0 saturated carbocycles. The molecule has 0 radical (unpaired) electrons. The lowest BCUT2D eigenvalue weighted by Crippen LogP contribution is -2.08. The van der Waals surface area contributed by atoms with Gasteiger partial charge in [0.05, 0.1) is 21.7 Å². The van der Waals surface area contributed by atoms with Crippen LogP contribution in [0.1, 0.15) is 43.8 Å². The van der Waals surface area contributed by atoms with Crippen LogP contribution in [0.15, 0.2) is 66.9 Å². The van der Waals surface area contributed by atoms with Gasteiger partial charge < -0.3 is 9.14 Å². The number of carbonyl (C=O) groups excluding carboxylic acids is 2. The third-order valence-corrected chi connectivity index (χ3v) is 7.28. The predicted octanol–water partition coefficient (Wildman–Crippen LogP) is 7.50. The molecule has 0 bridgehead atoms. The molecule has 0 fully saturated rings. The minimum atomic E-state index is -0.399. The maximum absolute atomic E-state index is 13.7. The number of esters is 1. The molecule has 4 nitrogen and oxygen atoms in total. The average Bonchev–Trinajstić information content (AvgIpc) is 3.34. The van der Waals surface area contributed by atoms with Crippen LogP contribution in [0.5, 0.6) is 0 Å². The zero-order valence-corrected chi connectivity index (χ0v) is 20.6. The molecule has 2 aromatic carbocycles. The second kappa shape index (κ2) is 8.75. The molecule has 0 spiro atoms. The number of rotatable bonds is 5. The van der Waals surface area contributed by atoms with Gasteiger partial charge in [-0.3, -0.25) is 4.79 Å². The summed E-state index contributed by atoms with van der Waals surface area (Å²) in [5, 5.41) is 1.47. The molecule has 0 N–H and O–H groups in total. The SMILES string of the molecule is CCOC(=O)c1c2sc(C(=O)c3ccc(Cl)cc3)c(-c3ccccc3)c2c2c(C)cc(C)cn12. The molecule has 5 rings (SSSR count). The minimum Gasteiger partial charge on any atom is -0.461 e. The van der Waals surface area contributed by atoms with Crippen LogP contribution < -0.4 is 0 Å². The van der Waals surface area contributed by atoms with Crippen molar-refractivity contribution >= 4 is 50.3 Å². The number of hydrogen-bond acceptors (Lipinski definition) is 4. The number of fused-ring (bicyclic) bond motifs is 3. The van der Waals surface area contributed by atoms with Crippen LogP contribution in [0.2, 0.25) is 5.02 Å². The van der Waals surface area contributed by atoms with Gasteiger partial charge in [-0.25, -0.2) is 4.79 Å². The highest BCUT2D eigenvalue weighted by molar-refractivity contribution is 7.22. The van der Waals surface area contributed by atoms with Crippen LogP contribution >= 0.6 is 22.9 Å². The van der Waals surface area contributed by atoms with Gasteiger partial charge in [0.15, 0.2) is 0 Å². The van der Waals surface area contributed by atoms with Crippen molar-refractivity contribution in [3.05, 3.63) is 99.1 Å². The van der Waals surface area contributed by atoms with Crippen molar-refractivity contribution in [3.63, 3.8) is 0 Å². The van der Waals surface area contributed by atoms with E-state index in [-0.39, 0.29) is 12.4 Å². The molecule has 0 saturated heterocycles. The summed E-state index contributed by atoms with van der Waals surface area (Å²) in [5.41, 5.74) is 5.74. The van der Waals surface area contributed by atoms with Gasteiger partial charge in [-0.2, -0.15) is 0 Å². The highest BCUT2D eigenvalue weighted by Gasteiger charge is 2.30. The first-order valence-electron chi connectivity index (χ1n) is 11.0. The zero-order valence-electron chi connectivity index (χ0n) is 19.0. The van der Waals surface area contributed by atoms with E-state index in [0.29, 0.717) is 21.2 Å². The third-order valence-electron chi connectivity index (χ3n) is 5.84. The molecule has 0 atom stereocenters. The number of benzene rings is 2. The fraction of sp³-hybridized carbons (Fsp3) is 0.143. The van der Waals surface area contributed by atoms with E-state index in [9.17, 15) is 9.59 Å². The normalized spacial score (nSPS) is 11.3. The van der Waals surface area contributed by atoms with E-state index in [1.54, 1.807) is 31.2 Å². The lowest BCUT2D eigenvalue weighted by molar-refractivity contribution is 0.0521. The first-order valence-corrected chi connectivity index (χ1v) is 12.2. The lowest BCUT2D eigenvalue weighted by Gasteiger charge is -2.09. The molecule has 5 aromatic rings. The summed E-state index contributed by atoms with van der Waals surface area (Å²) in [6, 6.07) is 18.8. The molecule has 0 aliphatic carbocycles. The number of thiophene rings is 1. The minimum absolute atomic E-state index is 0.102. The number of aryl methyl sites for hydroxylation is 2. The maximum atomic E-state index is 13.7. The number of aromatic nitrogens is 1. The molecule has 3 aromatic heterocycles. The highest BCUT2D eigenvalue weighted by atomic mass is 35.5. The van der Waals surface area contributed by atoms with E-state index >= 15 is 0 Å². The number of hydrogen-bond donors (Lipinski definition) is 0. The largest absolute Gasteiger partial charge is 0.461 e. The standard InChI is InChI=1S/C28H22ClNO3S/c1-4-33-28(32)24-26-22(23-17(3)14-16(2)15-30(23)24)21(18-8-6-5-7-9-18)27(34-26)25(31)19-10-12-20(29)13-11-19/h5-15H,4H2,1-3H3. The smallest absolute Gasteiger partial charge is 0.356 e. The van der Waals surface area contributed by atoms with Crippen LogP contribution in [0.4, 0.5) is 0 Å². The molecule has 6 heteroatoms. The van der Waals surface area contributed by atoms with Crippen LogP contribution in [-0.4, -0.2) is 22.8 Å². The Labute approximate surface area is 206 Å². The van der Waals surface area contributed by atoms with Gasteiger partial charge in [-0.05, 0) is 61.7 Å². The number of halogens is 1. The monoisotopic (exact) mass is 487 g/mol. The Bertz CT molecular complexity index is 1560. The van der Waals surface area contributed by atoms with Crippen molar-refractivity contribution in [2.24, 2.45) is 0 Å². The van der Waals surface area contributed by atoms with Crippen molar-refractivity contribution in [2.45, 2.75) is 20.8 Å². The Morgan fingerprint density at radius 1 is 1.03 bits per heavy atom. The van der Waals surface area contributed by atoms with Gasteiger partial charge in [-0.1, -0.05) is 48.0 Å². The zero-order chi connectivity index (χ0) is 24.0. The number of pyridine rings is 1. The van der Waals surface area contributed by atoms with Crippen molar-refractivity contribution < 1.29 is 14.3 Å².